The highest BCUT2D eigenvalue weighted by atomic mass is 35.5. The fraction of sp³-hybridized carbons (Fsp3) is 0.304. The van der Waals surface area contributed by atoms with E-state index < -0.39 is 5.60 Å². The molecule has 170 valence electrons. The molecule has 3 aromatic rings. The summed E-state index contributed by atoms with van der Waals surface area (Å²) in [6, 6.07) is 12.7. The highest BCUT2D eigenvalue weighted by molar-refractivity contribution is 7.97. The third-order valence-corrected chi connectivity index (χ3v) is 6.53. The quantitative estimate of drug-likeness (QED) is 0.372. The van der Waals surface area contributed by atoms with Crippen LogP contribution in [0.1, 0.15) is 25.1 Å². The van der Waals surface area contributed by atoms with Crippen LogP contribution in [0.25, 0.3) is 0 Å². The van der Waals surface area contributed by atoms with E-state index in [0.717, 1.165) is 34.3 Å². The third-order valence-electron chi connectivity index (χ3n) is 4.44. The Morgan fingerprint density at radius 1 is 1.06 bits per heavy atom. The van der Waals surface area contributed by atoms with E-state index >= 15 is 0 Å². The fourth-order valence-corrected chi connectivity index (χ4v) is 4.54. The van der Waals surface area contributed by atoms with Gasteiger partial charge in [0.1, 0.15) is 17.2 Å². The molecule has 0 aliphatic carbocycles. The lowest BCUT2D eigenvalue weighted by Gasteiger charge is -2.24. The number of amides is 1. The number of anilines is 1. The molecule has 0 radical (unpaired) electrons. The zero-order valence-electron chi connectivity index (χ0n) is 18.3. The van der Waals surface area contributed by atoms with Gasteiger partial charge >= 0.3 is 0 Å². The monoisotopic (exact) mass is 492 g/mol. The van der Waals surface area contributed by atoms with E-state index in [-0.39, 0.29) is 5.91 Å². The van der Waals surface area contributed by atoms with Gasteiger partial charge in [-0.25, -0.2) is 4.98 Å². The highest BCUT2D eigenvalue weighted by Crippen LogP contribution is 2.28. The van der Waals surface area contributed by atoms with Crippen LogP contribution in [0.3, 0.4) is 0 Å². The first-order valence-electron chi connectivity index (χ1n) is 9.79. The Kier molecular flexibility index (Phi) is 8.28. The van der Waals surface area contributed by atoms with Crippen molar-refractivity contribution >= 4 is 45.7 Å². The molecule has 0 saturated heterocycles. The molecule has 1 N–H and O–H groups in total. The topological polar surface area (TPSA) is 69.7 Å². The van der Waals surface area contributed by atoms with Crippen LogP contribution in [-0.2, 0) is 16.3 Å². The number of thiazole rings is 1. The molecule has 0 atom stereocenters. The number of ether oxygens (including phenoxy) is 3. The molecular weight excluding hydrogens is 468 g/mol. The SMILES string of the molecule is COc1cc(CSCc2csc(NC(=O)C(C)(C)Oc3ccc(Cl)cc3)n2)cc(OC)c1. The van der Waals surface area contributed by atoms with Gasteiger partial charge in [-0.05, 0) is 55.8 Å². The van der Waals surface area contributed by atoms with E-state index in [1.165, 1.54) is 11.3 Å². The van der Waals surface area contributed by atoms with Gasteiger partial charge in [0.05, 0.1) is 19.9 Å². The number of methoxy groups -OCH3 is 2. The summed E-state index contributed by atoms with van der Waals surface area (Å²) in [5.41, 5.74) is 0.942. The fourth-order valence-electron chi connectivity index (χ4n) is 2.75. The molecule has 1 aromatic heterocycles. The average molecular weight is 493 g/mol. The van der Waals surface area contributed by atoms with Crippen molar-refractivity contribution in [3.05, 3.63) is 64.1 Å². The maximum Gasteiger partial charge on any atom is 0.269 e. The second-order valence-corrected chi connectivity index (χ2v) is 9.66. The van der Waals surface area contributed by atoms with Gasteiger partial charge in [0.25, 0.3) is 5.91 Å². The first kappa shape index (κ1) is 24.2. The number of hydrogen-bond donors (Lipinski definition) is 1. The van der Waals surface area contributed by atoms with E-state index in [0.29, 0.717) is 15.9 Å². The molecule has 32 heavy (non-hydrogen) atoms. The minimum atomic E-state index is -1.07. The van der Waals surface area contributed by atoms with E-state index in [2.05, 4.69) is 10.3 Å². The minimum absolute atomic E-state index is 0.274. The molecule has 2 aromatic carbocycles. The van der Waals surface area contributed by atoms with E-state index in [9.17, 15) is 4.79 Å². The molecule has 0 spiro atoms. The summed E-state index contributed by atoms with van der Waals surface area (Å²) < 4.78 is 16.5. The number of aromatic nitrogens is 1. The van der Waals surface area contributed by atoms with Gasteiger partial charge in [-0.15, -0.1) is 11.3 Å². The molecule has 0 aliphatic heterocycles. The normalized spacial score (nSPS) is 11.2. The van der Waals surface area contributed by atoms with E-state index in [1.54, 1.807) is 64.1 Å². The van der Waals surface area contributed by atoms with Gasteiger partial charge in [-0.1, -0.05) is 11.6 Å². The summed E-state index contributed by atoms with van der Waals surface area (Å²) in [4.78, 5) is 17.2. The number of halogens is 1. The van der Waals surface area contributed by atoms with Crippen molar-refractivity contribution < 1.29 is 19.0 Å². The Balaban J connectivity index is 1.53. The standard InChI is InChI=1S/C23H25ClN2O4S2/c1-23(2,30-18-7-5-16(24)6-8-18)21(27)26-22-25-17(14-32-22)13-31-12-15-9-19(28-3)11-20(10-15)29-4/h5-11,14H,12-13H2,1-4H3,(H,25,26,27). The van der Waals surface area contributed by atoms with Crippen LogP contribution in [0.4, 0.5) is 5.13 Å². The molecule has 6 nitrogen and oxygen atoms in total. The number of benzene rings is 2. The van der Waals surface area contributed by atoms with Crippen LogP contribution in [0.5, 0.6) is 17.2 Å². The lowest BCUT2D eigenvalue weighted by Crippen LogP contribution is -2.42. The number of hydrogen-bond acceptors (Lipinski definition) is 7. The molecule has 1 amide bonds. The smallest absolute Gasteiger partial charge is 0.269 e. The first-order valence-corrected chi connectivity index (χ1v) is 12.2. The molecule has 0 fully saturated rings. The van der Waals surface area contributed by atoms with Crippen molar-refractivity contribution in [1.82, 2.24) is 4.98 Å². The molecule has 3 rings (SSSR count). The molecule has 1 heterocycles. The van der Waals surface area contributed by atoms with Gasteiger partial charge in [0.2, 0.25) is 0 Å². The number of carbonyl (C=O) groups excluding carboxylic acids is 1. The van der Waals surface area contributed by atoms with Crippen molar-refractivity contribution in [3.63, 3.8) is 0 Å². The summed E-state index contributed by atoms with van der Waals surface area (Å²) in [6.07, 6.45) is 0. The molecule has 9 heteroatoms. The highest BCUT2D eigenvalue weighted by Gasteiger charge is 2.30. The molecule has 0 aliphatic rings. The van der Waals surface area contributed by atoms with Crippen molar-refractivity contribution in [2.24, 2.45) is 0 Å². The Morgan fingerprint density at radius 2 is 1.72 bits per heavy atom. The molecule has 0 saturated carbocycles. The van der Waals surface area contributed by atoms with Crippen molar-refractivity contribution in [3.8, 4) is 17.2 Å². The Morgan fingerprint density at radius 3 is 2.34 bits per heavy atom. The Bertz CT molecular complexity index is 1030. The lowest BCUT2D eigenvalue weighted by atomic mass is 10.1. The Labute approximate surface area is 201 Å². The van der Waals surface area contributed by atoms with Crippen LogP contribution in [0.15, 0.2) is 47.8 Å². The third kappa shape index (κ3) is 6.79. The summed E-state index contributed by atoms with van der Waals surface area (Å²) in [5, 5.41) is 5.95. The predicted octanol–water partition coefficient (Wildman–Crippen LogP) is 6.04. The number of nitrogens with one attached hydrogen (secondary N) is 1. The lowest BCUT2D eigenvalue weighted by molar-refractivity contribution is -0.128. The second kappa shape index (κ2) is 10.9. The molecular formula is C23H25ClN2O4S2. The van der Waals surface area contributed by atoms with E-state index in [1.807, 2.05) is 23.6 Å². The van der Waals surface area contributed by atoms with Gasteiger partial charge < -0.3 is 14.2 Å². The maximum atomic E-state index is 12.7. The van der Waals surface area contributed by atoms with Gasteiger partial charge in [-0.2, -0.15) is 11.8 Å². The Hall–Kier alpha value is -2.42. The maximum absolute atomic E-state index is 12.7. The van der Waals surface area contributed by atoms with Gasteiger partial charge in [-0.3, -0.25) is 10.1 Å². The summed E-state index contributed by atoms with van der Waals surface area (Å²) >= 11 is 9.01. The molecule has 0 bridgehead atoms. The zero-order valence-corrected chi connectivity index (χ0v) is 20.7. The second-order valence-electron chi connectivity index (χ2n) is 7.38. The van der Waals surface area contributed by atoms with Crippen LogP contribution in [0, 0.1) is 0 Å². The van der Waals surface area contributed by atoms with Gasteiger partial charge in [0, 0.05) is 28.0 Å². The summed E-state index contributed by atoms with van der Waals surface area (Å²) in [7, 11) is 3.27. The van der Waals surface area contributed by atoms with Crippen molar-refractivity contribution in [2.75, 3.05) is 19.5 Å². The van der Waals surface area contributed by atoms with Crippen molar-refractivity contribution in [1.29, 1.82) is 0 Å². The summed E-state index contributed by atoms with van der Waals surface area (Å²) in [6.45, 7) is 3.42. The zero-order chi connectivity index (χ0) is 23.1. The van der Waals surface area contributed by atoms with Crippen LogP contribution < -0.4 is 19.5 Å². The number of thioether (sulfide) groups is 1. The average Bonchev–Trinajstić information content (AvgIpc) is 3.22. The van der Waals surface area contributed by atoms with Crippen LogP contribution in [-0.4, -0.2) is 30.7 Å². The van der Waals surface area contributed by atoms with E-state index in [4.69, 9.17) is 25.8 Å². The predicted molar refractivity (Wildman–Crippen MR) is 131 cm³/mol. The number of nitrogens with zero attached hydrogens (tertiary/aromatic N) is 1. The van der Waals surface area contributed by atoms with Crippen LogP contribution in [0.2, 0.25) is 5.02 Å². The van der Waals surface area contributed by atoms with Crippen molar-refractivity contribution in [2.45, 2.75) is 31.0 Å². The summed E-state index contributed by atoms with van der Waals surface area (Å²) in [5.74, 6) is 3.33. The minimum Gasteiger partial charge on any atom is -0.497 e. The first-order chi connectivity index (χ1) is 15.3. The van der Waals surface area contributed by atoms with Crippen LogP contribution >= 0.6 is 34.7 Å². The van der Waals surface area contributed by atoms with Gasteiger partial charge in [0.15, 0.2) is 10.7 Å². The number of rotatable bonds is 10. The molecule has 0 unspecified atom stereocenters. The largest absolute Gasteiger partial charge is 0.497 e. The number of carbonyl (C=O) groups is 1.